The number of carbonyl (C=O) groups is 1. The first-order valence-electron chi connectivity index (χ1n) is 5.84. The van der Waals surface area contributed by atoms with Crippen molar-refractivity contribution in [3.05, 3.63) is 69.8 Å². The lowest BCUT2D eigenvalue weighted by molar-refractivity contribution is -0.385. The molecule has 1 N–H and O–H groups in total. The molecule has 0 aliphatic carbocycles. The summed E-state index contributed by atoms with van der Waals surface area (Å²) in [6, 6.07) is 12.3. The fourth-order valence-electron chi connectivity index (χ4n) is 1.75. The zero-order valence-corrected chi connectivity index (χ0v) is 10.7. The molecule has 6 heteroatoms. The predicted octanol–water partition coefficient (Wildman–Crippen LogP) is 2.94. The van der Waals surface area contributed by atoms with Gasteiger partial charge in [-0.05, 0) is 25.1 Å². The summed E-state index contributed by atoms with van der Waals surface area (Å²) in [4.78, 5) is 22.4. The van der Waals surface area contributed by atoms with Gasteiger partial charge in [-0.1, -0.05) is 24.3 Å². The molecule has 0 aliphatic rings. The Labute approximate surface area is 115 Å². The molecule has 0 spiro atoms. The number of anilines is 1. The van der Waals surface area contributed by atoms with Crippen LogP contribution in [0.4, 0.5) is 11.4 Å². The maximum atomic E-state index is 12.1. The maximum absolute atomic E-state index is 12.1. The lowest BCUT2D eigenvalue weighted by Crippen LogP contribution is -2.26. The Morgan fingerprint density at radius 2 is 1.85 bits per heavy atom. The van der Waals surface area contributed by atoms with Gasteiger partial charge >= 0.3 is 0 Å². The van der Waals surface area contributed by atoms with Crippen LogP contribution in [0.1, 0.15) is 15.9 Å². The number of hydrogen-bond acceptors (Lipinski definition) is 4. The molecule has 1 amide bonds. The second kappa shape index (κ2) is 5.50. The standard InChI is InChI=1S/C14H12N2O4/c1-10-7-8-11(9-13(10)16(19)20)14(17)15(18)12-5-3-2-4-6-12/h2-9,18H,1H3. The molecule has 6 nitrogen and oxygen atoms in total. The zero-order valence-electron chi connectivity index (χ0n) is 10.7. The summed E-state index contributed by atoms with van der Waals surface area (Å²) in [5, 5.41) is 21.2. The van der Waals surface area contributed by atoms with Crippen LogP contribution in [0.25, 0.3) is 0 Å². The molecule has 0 radical (unpaired) electrons. The van der Waals surface area contributed by atoms with Gasteiger partial charge < -0.3 is 0 Å². The third kappa shape index (κ3) is 2.65. The molecule has 2 aromatic rings. The Balaban J connectivity index is 2.34. The van der Waals surface area contributed by atoms with Gasteiger partial charge in [-0.15, -0.1) is 0 Å². The van der Waals surface area contributed by atoms with Gasteiger partial charge in [-0.2, -0.15) is 5.06 Å². The molecular weight excluding hydrogens is 260 g/mol. The monoisotopic (exact) mass is 272 g/mol. The van der Waals surface area contributed by atoms with E-state index in [1.165, 1.54) is 12.1 Å². The summed E-state index contributed by atoms with van der Waals surface area (Å²) in [5.41, 5.74) is 0.641. The Hall–Kier alpha value is -2.73. The molecular formula is C14H12N2O4. The van der Waals surface area contributed by atoms with E-state index in [9.17, 15) is 20.1 Å². The number of rotatable bonds is 3. The highest BCUT2D eigenvalue weighted by molar-refractivity contribution is 6.04. The Kier molecular flexibility index (Phi) is 3.76. The molecule has 102 valence electrons. The fourth-order valence-corrected chi connectivity index (χ4v) is 1.75. The van der Waals surface area contributed by atoms with Crippen molar-refractivity contribution >= 4 is 17.3 Å². The molecule has 2 aromatic carbocycles. The Bertz CT molecular complexity index is 655. The number of aryl methyl sites for hydroxylation is 1. The molecule has 2 rings (SSSR count). The second-order valence-corrected chi connectivity index (χ2v) is 4.21. The molecule has 20 heavy (non-hydrogen) atoms. The van der Waals surface area contributed by atoms with Crippen LogP contribution in [0.15, 0.2) is 48.5 Å². The number of para-hydroxylation sites is 1. The number of hydroxylamine groups is 1. The zero-order chi connectivity index (χ0) is 14.7. The normalized spacial score (nSPS) is 10.1. The number of nitro benzene ring substituents is 1. The summed E-state index contributed by atoms with van der Waals surface area (Å²) in [6.45, 7) is 1.58. The van der Waals surface area contributed by atoms with Gasteiger partial charge in [-0.3, -0.25) is 20.1 Å². The minimum atomic E-state index is -0.723. The lowest BCUT2D eigenvalue weighted by atomic mass is 10.1. The molecule has 0 aliphatic heterocycles. The molecule has 0 saturated carbocycles. The summed E-state index contributed by atoms with van der Waals surface area (Å²) >= 11 is 0. The van der Waals surface area contributed by atoms with E-state index >= 15 is 0 Å². The van der Waals surface area contributed by atoms with Gasteiger partial charge in [0.15, 0.2) is 0 Å². The highest BCUT2D eigenvalue weighted by Gasteiger charge is 2.19. The van der Waals surface area contributed by atoms with E-state index in [0.29, 0.717) is 16.3 Å². The number of amides is 1. The quantitative estimate of drug-likeness (QED) is 0.529. The van der Waals surface area contributed by atoms with E-state index < -0.39 is 10.8 Å². The van der Waals surface area contributed by atoms with Gasteiger partial charge in [0.05, 0.1) is 10.6 Å². The van der Waals surface area contributed by atoms with Crippen molar-refractivity contribution in [1.29, 1.82) is 0 Å². The van der Waals surface area contributed by atoms with Crippen molar-refractivity contribution in [2.75, 3.05) is 5.06 Å². The van der Waals surface area contributed by atoms with Gasteiger partial charge in [0, 0.05) is 17.2 Å². The Morgan fingerprint density at radius 3 is 2.45 bits per heavy atom. The molecule has 0 atom stereocenters. The van der Waals surface area contributed by atoms with E-state index in [1.54, 1.807) is 37.3 Å². The Morgan fingerprint density at radius 1 is 1.20 bits per heavy atom. The summed E-state index contributed by atoms with van der Waals surface area (Å²) in [7, 11) is 0. The predicted molar refractivity (Wildman–Crippen MR) is 72.9 cm³/mol. The molecule has 0 aromatic heterocycles. The maximum Gasteiger partial charge on any atom is 0.282 e. The van der Waals surface area contributed by atoms with Gasteiger partial charge in [-0.25, -0.2) is 0 Å². The van der Waals surface area contributed by atoms with E-state index in [2.05, 4.69) is 0 Å². The largest absolute Gasteiger partial charge is 0.282 e. The van der Waals surface area contributed by atoms with Crippen molar-refractivity contribution in [2.45, 2.75) is 6.92 Å². The smallest absolute Gasteiger partial charge is 0.281 e. The number of carbonyl (C=O) groups excluding carboxylic acids is 1. The van der Waals surface area contributed by atoms with Crippen LogP contribution in [-0.4, -0.2) is 16.0 Å². The molecule has 0 saturated heterocycles. The highest BCUT2D eigenvalue weighted by Crippen LogP contribution is 2.21. The topological polar surface area (TPSA) is 83.7 Å². The number of nitro groups is 1. The van der Waals surface area contributed by atoms with Crippen LogP contribution in [-0.2, 0) is 0 Å². The second-order valence-electron chi connectivity index (χ2n) is 4.21. The van der Waals surface area contributed by atoms with Crippen LogP contribution in [0, 0.1) is 17.0 Å². The van der Waals surface area contributed by atoms with E-state index in [-0.39, 0.29) is 11.3 Å². The summed E-state index contributed by atoms with van der Waals surface area (Å²) in [6.07, 6.45) is 0. The SMILES string of the molecule is Cc1ccc(C(=O)N(O)c2ccccc2)cc1[N+](=O)[O-]. The van der Waals surface area contributed by atoms with E-state index in [0.717, 1.165) is 6.07 Å². The third-order valence-electron chi connectivity index (χ3n) is 2.85. The van der Waals surface area contributed by atoms with Crippen molar-refractivity contribution in [3.63, 3.8) is 0 Å². The molecule has 0 heterocycles. The molecule has 0 unspecified atom stereocenters. The molecule has 0 bridgehead atoms. The van der Waals surface area contributed by atoms with Crippen LogP contribution in [0.2, 0.25) is 0 Å². The minimum Gasteiger partial charge on any atom is -0.281 e. The number of nitrogens with zero attached hydrogens (tertiary/aromatic N) is 2. The third-order valence-corrected chi connectivity index (χ3v) is 2.85. The van der Waals surface area contributed by atoms with Gasteiger partial charge in [0.1, 0.15) is 0 Å². The highest BCUT2D eigenvalue weighted by atomic mass is 16.6. The van der Waals surface area contributed by atoms with Crippen molar-refractivity contribution in [2.24, 2.45) is 0 Å². The minimum absolute atomic E-state index is 0.0497. The first kappa shape index (κ1) is 13.7. The lowest BCUT2D eigenvalue weighted by Gasteiger charge is -2.14. The first-order chi connectivity index (χ1) is 9.50. The van der Waals surface area contributed by atoms with Gasteiger partial charge in [0.25, 0.3) is 11.6 Å². The van der Waals surface area contributed by atoms with Crippen LogP contribution in [0.5, 0.6) is 0 Å². The van der Waals surface area contributed by atoms with Crippen molar-refractivity contribution in [1.82, 2.24) is 0 Å². The number of benzene rings is 2. The summed E-state index contributed by atoms with van der Waals surface area (Å²) in [5.74, 6) is -0.723. The van der Waals surface area contributed by atoms with Crippen molar-refractivity contribution < 1.29 is 14.9 Å². The van der Waals surface area contributed by atoms with Crippen LogP contribution >= 0.6 is 0 Å². The number of hydrogen-bond donors (Lipinski definition) is 1. The molecule has 0 fully saturated rings. The van der Waals surface area contributed by atoms with Crippen molar-refractivity contribution in [3.8, 4) is 0 Å². The average molecular weight is 272 g/mol. The van der Waals surface area contributed by atoms with Crippen LogP contribution in [0.3, 0.4) is 0 Å². The van der Waals surface area contributed by atoms with Crippen LogP contribution < -0.4 is 5.06 Å². The van der Waals surface area contributed by atoms with E-state index in [1.807, 2.05) is 0 Å². The average Bonchev–Trinajstić information content (AvgIpc) is 2.47. The first-order valence-corrected chi connectivity index (χ1v) is 5.84. The van der Waals surface area contributed by atoms with Gasteiger partial charge in [0.2, 0.25) is 0 Å². The fraction of sp³-hybridized carbons (Fsp3) is 0.0714. The van der Waals surface area contributed by atoms with E-state index in [4.69, 9.17) is 0 Å². The summed E-state index contributed by atoms with van der Waals surface area (Å²) < 4.78 is 0.